The Morgan fingerprint density at radius 2 is 1.71 bits per heavy atom. The molecule has 13 nitrogen and oxygen atoms in total. The average Bonchev–Trinajstić information content (AvgIpc) is 3.30. The van der Waals surface area contributed by atoms with Crippen LogP contribution in [-0.2, 0) is 38.1 Å². The zero-order valence-electron chi connectivity index (χ0n) is 27.8. The molecular formula is C32H50N2O11. The van der Waals surface area contributed by atoms with Crippen molar-refractivity contribution in [2.45, 2.75) is 128 Å². The molecule has 254 valence electrons. The highest BCUT2D eigenvalue weighted by Crippen LogP contribution is 2.40. The minimum absolute atomic E-state index is 0.00833. The number of rotatable bonds is 6. The van der Waals surface area contributed by atoms with Gasteiger partial charge in [0.2, 0.25) is 6.10 Å². The van der Waals surface area contributed by atoms with Gasteiger partial charge < -0.3 is 44.1 Å². The number of ketones is 2. The van der Waals surface area contributed by atoms with Gasteiger partial charge in [-0.15, -0.1) is 6.42 Å². The number of likely N-dealkylation sites (N-methyl/N-ethyl adjacent to an activating group) is 1. The SMILES string of the molecule is C#CCO[C@@]1(C)C[C@@H](C)C(=O)[C@@H](C)[C@H]2NC(=O)O[C@]2(C)[C@H](CC)OC(=O)C(O)C(=O)[C@H](C)[C@H]1O[C@@H]1O[C@H](C)C[C@H](N(C)C)[C@H]1O. The third-order valence-corrected chi connectivity index (χ3v) is 9.66. The van der Waals surface area contributed by atoms with Gasteiger partial charge in [0.15, 0.2) is 17.7 Å². The van der Waals surface area contributed by atoms with E-state index in [1.54, 1.807) is 34.6 Å². The van der Waals surface area contributed by atoms with E-state index in [0.29, 0.717) is 6.42 Å². The first-order valence-corrected chi connectivity index (χ1v) is 15.6. The van der Waals surface area contributed by atoms with Crippen molar-refractivity contribution in [3.8, 4) is 12.3 Å². The van der Waals surface area contributed by atoms with E-state index in [1.165, 1.54) is 6.92 Å². The van der Waals surface area contributed by atoms with E-state index in [-0.39, 0.29) is 37.4 Å². The van der Waals surface area contributed by atoms with Crippen molar-refractivity contribution in [2.75, 3.05) is 20.7 Å². The Balaban J connectivity index is 2.14. The summed E-state index contributed by atoms with van der Waals surface area (Å²) in [5.41, 5.74) is -2.94. The highest BCUT2D eigenvalue weighted by atomic mass is 16.7. The molecule has 0 saturated carbocycles. The summed E-state index contributed by atoms with van der Waals surface area (Å²) in [6, 6.07) is -1.24. The zero-order valence-corrected chi connectivity index (χ0v) is 27.8. The number of hydrogen-bond donors (Lipinski definition) is 3. The van der Waals surface area contributed by atoms with Gasteiger partial charge in [-0.25, -0.2) is 9.59 Å². The summed E-state index contributed by atoms with van der Waals surface area (Å²) in [4.78, 5) is 55.4. The molecule has 3 heterocycles. The van der Waals surface area contributed by atoms with Gasteiger partial charge >= 0.3 is 12.1 Å². The van der Waals surface area contributed by atoms with Gasteiger partial charge in [-0.3, -0.25) is 9.59 Å². The van der Waals surface area contributed by atoms with E-state index in [0.717, 1.165) is 0 Å². The van der Waals surface area contributed by atoms with Crippen LogP contribution in [0.4, 0.5) is 4.79 Å². The largest absolute Gasteiger partial charge is 0.456 e. The second-order valence-corrected chi connectivity index (χ2v) is 13.4. The molecule has 3 fully saturated rings. The molecule has 0 aliphatic carbocycles. The Bertz CT molecular complexity index is 1160. The number of ether oxygens (including phenoxy) is 5. The molecule has 0 aromatic heterocycles. The number of nitrogens with one attached hydrogen (secondary N) is 1. The Kier molecular flexibility index (Phi) is 11.8. The van der Waals surface area contributed by atoms with Crippen LogP contribution in [0, 0.1) is 30.1 Å². The molecule has 13 atom stereocenters. The Hall–Kier alpha value is -2.60. The van der Waals surface area contributed by atoms with Crippen molar-refractivity contribution >= 4 is 23.6 Å². The number of aliphatic hydroxyl groups excluding tert-OH is 2. The molecule has 0 spiro atoms. The number of carbonyl (C=O) groups is 4. The van der Waals surface area contributed by atoms with E-state index in [4.69, 9.17) is 30.1 Å². The Labute approximate surface area is 265 Å². The van der Waals surface area contributed by atoms with Crippen LogP contribution in [0.3, 0.4) is 0 Å². The maximum Gasteiger partial charge on any atom is 0.408 e. The number of esters is 1. The van der Waals surface area contributed by atoms with Gasteiger partial charge in [-0.2, -0.15) is 0 Å². The Morgan fingerprint density at radius 1 is 1.07 bits per heavy atom. The molecule has 1 amide bonds. The smallest absolute Gasteiger partial charge is 0.408 e. The van der Waals surface area contributed by atoms with Crippen molar-refractivity contribution in [3.05, 3.63) is 0 Å². The van der Waals surface area contributed by atoms with E-state index >= 15 is 0 Å². The lowest BCUT2D eigenvalue weighted by Gasteiger charge is -2.47. The maximum absolute atomic E-state index is 14.0. The fourth-order valence-corrected chi connectivity index (χ4v) is 7.15. The number of amides is 1. The summed E-state index contributed by atoms with van der Waals surface area (Å²) in [7, 11) is 3.64. The second-order valence-electron chi connectivity index (χ2n) is 13.4. The number of Topliss-reactive ketones (excluding diaryl/α,β-unsaturated/α-hetero) is 2. The lowest BCUT2D eigenvalue weighted by molar-refractivity contribution is -0.296. The number of carbonyl (C=O) groups excluding carboxylic acids is 4. The lowest BCUT2D eigenvalue weighted by atomic mass is 9.74. The fourth-order valence-electron chi connectivity index (χ4n) is 7.15. The number of alkyl carbamates (subject to hydrolysis) is 1. The van der Waals surface area contributed by atoms with Crippen molar-refractivity contribution < 1.29 is 53.1 Å². The van der Waals surface area contributed by atoms with Crippen LogP contribution in [0.15, 0.2) is 0 Å². The number of aliphatic hydroxyl groups is 2. The van der Waals surface area contributed by atoms with Crippen LogP contribution in [-0.4, -0.2) is 120 Å². The predicted molar refractivity (Wildman–Crippen MR) is 161 cm³/mol. The molecule has 1 unspecified atom stereocenters. The molecule has 3 aliphatic rings. The van der Waals surface area contributed by atoms with Crippen LogP contribution in [0.25, 0.3) is 0 Å². The van der Waals surface area contributed by atoms with Crippen molar-refractivity contribution in [1.29, 1.82) is 0 Å². The van der Waals surface area contributed by atoms with Crippen molar-refractivity contribution in [1.82, 2.24) is 10.2 Å². The van der Waals surface area contributed by atoms with Gasteiger partial charge in [-0.1, -0.05) is 33.6 Å². The molecule has 0 radical (unpaired) electrons. The minimum Gasteiger partial charge on any atom is -0.456 e. The van der Waals surface area contributed by atoms with E-state index in [9.17, 15) is 29.4 Å². The first kappa shape index (κ1) is 36.9. The normalized spacial score (nSPS) is 43.5. The lowest BCUT2D eigenvalue weighted by Crippen LogP contribution is -2.60. The van der Waals surface area contributed by atoms with E-state index in [2.05, 4.69) is 11.2 Å². The molecule has 3 N–H and O–H groups in total. The molecule has 3 saturated heterocycles. The highest BCUT2D eigenvalue weighted by Gasteiger charge is 2.57. The minimum atomic E-state index is -2.23. The van der Waals surface area contributed by atoms with Gasteiger partial charge in [0, 0.05) is 23.8 Å². The molecule has 3 rings (SSSR count). The maximum atomic E-state index is 14.0. The van der Waals surface area contributed by atoms with Gasteiger partial charge in [0.1, 0.15) is 24.6 Å². The average molecular weight is 639 g/mol. The Morgan fingerprint density at radius 3 is 2.29 bits per heavy atom. The first-order valence-electron chi connectivity index (χ1n) is 15.6. The predicted octanol–water partition coefficient (Wildman–Crippen LogP) is 1.21. The third-order valence-electron chi connectivity index (χ3n) is 9.66. The first-order chi connectivity index (χ1) is 20.9. The van der Waals surface area contributed by atoms with Crippen molar-refractivity contribution in [3.63, 3.8) is 0 Å². The molecule has 3 aliphatic heterocycles. The summed E-state index contributed by atoms with van der Waals surface area (Å²) >= 11 is 0. The van der Waals surface area contributed by atoms with E-state index in [1.807, 2.05) is 25.9 Å². The summed E-state index contributed by atoms with van der Waals surface area (Å²) in [6.45, 7) is 11.3. The molecule has 13 heteroatoms. The quantitative estimate of drug-likeness (QED) is 0.216. The number of terminal acetylenes is 1. The number of fused-ring (bicyclic) bond motifs is 1. The summed E-state index contributed by atoms with van der Waals surface area (Å²) in [5, 5.41) is 25.0. The van der Waals surface area contributed by atoms with Gasteiger partial charge in [0.05, 0.1) is 23.9 Å². The highest BCUT2D eigenvalue weighted by molar-refractivity contribution is 6.03. The molecular weight excluding hydrogens is 588 g/mol. The second kappa shape index (κ2) is 14.4. The van der Waals surface area contributed by atoms with Crippen LogP contribution in [0.2, 0.25) is 0 Å². The number of hydrogen-bond acceptors (Lipinski definition) is 12. The summed E-state index contributed by atoms with van der Waals surface area (Å²) in [5.74, 6) is -2.79. The third kappa shape index (κ3) is 7.53. The molecule has 45 heavy (non-hydrogen) atoms. The van der Waals surface area contributed by atoms with E-state index < -0.39 is 83.5 Å². The fraction of sp³-hybridized carbons (Fsp3) is 0.812. The molecule has 0 aromatic carbocycles. The molecule has 0 aromatic rings. The van der Waals surface area contributed by atoms with Crippen LogP contribution >= 0.6 is 0 Å². The number of nitrogens with zero attached hydrogens (tertiary/aromatic N) is 1. The zero-order chi connectivity index (χ0) is 34.0. The van der Waals surface area contributed by atoms with Gasteiger partial charge in [0.25, 0.3) is 0 Å². The summed E-state index contributed by atoms with van der Waals surface area (Å²) < 4.78 is 29.8. The summed E-state index contributed by atoms with van der Waals surface area (Å²) in [6.07, 6.45) is -1.81. The molecule has 0 bridgehead atoms. The standard InChI is InChI=1S/C32H50N2O11/c1-11-13-41-31(7)15-16(3)22(35)18(5)26-32(8,45-30(40)33-26)21(12-2)43-28(39)25(38)23(36)19(6)27(31)44-29-24(37)20(34(9)10)14-17(4)42-29/h1,16-21,24-27,29,37-38H,12-15H2,2-10H3,(H,33,40)/t16-,17-,18-,19+,20+,21+,24-,25?,26-,27-,29+,31+,32-/m1/s1. The monoisotopic (exact) mass is 638 g/mol. The number of cyclic esters (lactones) is 1. The van der Waals surface area contributed by atoms with Crippen LogP contribution < -0.4 is 5.32 Å². The topological polar surface area (TPSA) is 170 Å². The van der Waals surface area contributed by atoms with Crippen LogP contribution in [0.1, 0.15) is 67.7 Å². The van der Waals surface area contributed by atoms with Crippen molar-refractivity contribution in [2.24, 2.45) is 17.8 Å². The van der Waals surface area contributed by atoms with Crippen LogP contribution in [0.5, 0.6) is 0 Å². The van der Waals surface area contributed by atoms with Gasteiger partial charge in [-0.05, 0) is 54.1 Å².